The summed E-state index contributed by atoms with van der Waals surface area (Å²) in [5.41, 5.74) is -0.0800. The van der Waals surface area contributed by atoms with Gasteiger partial charge in [0, 0.05) is 0 Å². The van der Waals surface area contributed by atoms with Crippen LogP contribution in [0.25, 0.3) is 0 Å². The van der Waals surface area contributed by atoms with Crippen LogP contribution in [0.5, 0.6) is 0 Å². The molecule has 6 nitrogen and oxygen atoms in total. The summed E-state index contributed by atoms with van der Waals surface area (Å²) in [5.74, 6) is 0.176. The molecular weight excluding hydrogens is 210 g/mol. The van der Waals surface area contributed by atoms with E-state index in [9.17, 15) is 4.79 Å². The molecule has 0 atom stereocenters. The van der Waals surface area contributed by atoms with E-state index in [-0.39, 0.29) is 5.69 Å². The van der Waals surface area contributed by atoms with E-state index in [1.807, 2.05) is 6.07 Å². The Kier molecular flexibility index (Phi) is 2.81. The smallest absolute Gasteiger partial charge is 0.356 e. The highest BCUT2D eigenvalue weighted by Crippen LogP contribution is 2.05. The molecule has 0 aromatic carbocycles. The van der Waals surface area contributed by atoms with Gasteiger partial charge in [0.25, 0.3) is 0 Å². The van der Waals surface area contributed by atoms with Crippen LogP contribution in [0.3, 0.4) is 0 Å². The Hall–Kier alpha value is -2.37. The molecule has 0 amide bonds. The lowest BCUT2D eigenvalue weighted by Crippen LogP contribution is -2.05. The number of aromatic carboxylic acids is 1. The molecule has 16 heavy (non-hydrogen) atoms. The van der Waals surface area contributed by atoms with E-state index >= 15 is 0 Å². The molecular formula is C10H9N3O3. The molecule has 0 radical (unpaired) electrons. The van der Waals surface area contributed by atoms with Crippen molar-refractivity contribution >= 4 is 11.8 Å². The Morgan fingerprint density at radius 1 is 1.44 bits per heavy atom. The van der Waals surface area contributed by atoms with Crippen LogP contribution < -0.4 is 5.32 Å². The molecule has 2 heterocycles. The monoisotopic (exact) mass is 219 g/mol. The summed E-state index contributed by atoms with van der Waals surface area (Å²) in [7, 11) is 0. The molecule has 2 rings (SSSR count). The van der Waals surface area contributed by atoms with Crippen molar-refractivity contribution in [3.8, 4) is 0 Å². The maximum atomic E-state index is 10.5. The highest BCUT2D eigenvalue weighted by Gasteiger charge is 2.04. The first kappa shape index (κ1) is 10.2. The number of anilines is 1. The molecule has 2 aromatic rings. The van der Waals surface area contributed by atoms with E-state index in [0.717, 1.165) is 5.76 Å². The van der Waals surface area contributed by atoms with Crippen molar-refractivity contribution in [3.05, 3.63) is 42.2 Å². The Labute approximate surface area is 91.0 Å². The second-order valence-electron chi connectivity index (χ2n) is 3.02. The fourth-order valence-corrected chi connectivity index (χ4v) is 1.12. The molecule has 82 valence electrons. The zero-order valence-corrected chi connectivity index (χ0v) is 8.25. The highest BCUT2D eigenvalue weighted by molar-refractivity contribution is 5.84. The van der Waals surface area contributed by atoms with Crippen LogP contribution in [0, 0.1) is 0 Å². The standard InChI is InChI=1S/C10H9N3O3/c14-10(15)8-5-13-9(6-11-8)12-4-7-2-1-3-16-7/h1-3,5-6H,4H2,(H,12,13)(H,14,15). The van der Waals surface area contributed by atoms with Gasteiger partial charge in [-0.1, -0.05) is 0 Å². The lowest BCUT2D eigenvalue weighted by molar-refractivity contribution is 0.0690. The second kappa shape index (κ2) is 4.43. The summed E-state index contributed by atoms with van der Waals surface area (Å²) in [6, 6.07) is 3.61. The molecule has 0 aliphatic heterocycles. The van der Waals surface area contributed by atoms with Gasteiger partial charge in [0.05, 0.1) is 25.2 Å². The minimum absolute atomic E-state index is 0.0800. The number of carboxylic acids is 1. The van der Waals surface area contributed by atoms with Gasteiger partial charge in [-0.05, 0) is 12.1 Å². The van der Waals surface area contributed by atoms with Gasteiger partial charge in [0.1, 0.15) is 11.6 Å². The number of furan rings is 1. The van der Waals surface area contributed by atoms with Crippen LogP contribution in [0.15, 0.2) is 35.2 Å². The lowest BCUT2D eigenvalue weighted by atomic mass is 10.4. The first-order valence-corrected chi connectivity index (χ1v) is 4.57. The first-order valence-electron chi connectivity index (χ1n) is 4.57. The van der Waals surface area contributed by atoms with Crippen molar-refractivity contribution in [1.82, 2.24) is 9.97 Å². The van der Waals surface area contributed by atoms with Crippen molar-refractivity contribution in [1.29, 1.82) is 0 Å². The molecule has 0 aliphatic rings. The molecule has 0 saturated heterocycles. The maximum absolute atomic E-state index is 10.5. The quantitative estimate of drug-likeness (QED) is 0.807. The summed E-state index contributed by atoms with van der Waals surface area (Å²) in [5, 5.41) is 11.6. The van der Waals surface area contributed by atoms with Gasteiger partial charge in [0.2, 0.25) is 0 Å². The minimum Gasteiger partial charge on any atom is -0.476 e. The molecule has 0 saturated carbocycles. The third-order valence-corrected chi connectivity index (χ3v) is 1.89. The number of nitrogens with zero attached hydrogens (tertiary/aromatic N) is 2. The van der Waals surface area contributed by atoms with Crippen molar-refractivity contribution in [2.75, 3.05) is 5.32 Å². The summed E-state index contributed by atoms with van der Waals surface area (Å²) in [6.07, 6.45) is 4.15. The highest BCUT2D eigenvalue weighted by atomic mass is 16.4. The number of carboxylic acid groups (broad SMARTS) is 1. The van der Waals surface area contributed by atoms with Crippen LogP contribution in [-0.4, -0.2) is 21.0 Å². The van der Waals surface area contributed by atoms with Gasteiger partial charge in [-0.2, -0.15) is 0 Å². The van der Waals surface area contributed by atoms with Crippen LogP contribution in [0.4, 0.5) is 5.82 Å². The van der Waals surface area contributed by atoms with Gasteiger partial charge in [0.15, 0.2) is 5.69 Å². The molecule has 0 spiro atoms. The molecule has 0 bridgehead atoms. The van der Waals surface area contributed by atoms with Gasteiger partial charge in [-0.3, -0.25) is 0 Å². The van der Waals surface area contributed by atoms with E-state index in [1.165, 1.54) is 12.4 Å². The predicted octanol–water partition coefficient (Wildman–Crippen LogP) is 1.38. The van der Waals surface area contributed by atoms with E-state index < -0.39 is 5.97 Å². The van der Waals surface area contributed by atoms with Gasteiger partial charge >= 0.3 is 5.97 Å². The average molecular weight is 219 g/mol. The number of rotatable bonds is 4. The number of hydrogen-bond acceptors (Lipinski definition) is 5. The fraction of sp³-hybridized carbons (Fsp3) is 0.100. The van der Waals surface area contributed by atoms with Crippen LogP contribution in [-0.2, 0) is 6.54 Å². The zero-order valence-electron chi connectivity index (χ0n) is 8.25. The van der Waals surface area contributed by atoms with Crippen molar-refractivity contribution in [2.24, 2.45) is 0 Å². The largest absolute Gasteiger partial charge is 0.476 e. The predicted molar refractivity (Wildman–Crippen MR) is 55.0 cm³/mol. The van der Waals surface area contributed by atoms with Gasteiger partial charge in [-0.25, -0.2) is 14.8 Å². The van der Waals surface area contributed by atoms with Crippen molar-refractivity contribution in [2.45, 2.75) is 6.54 Å². The van der Waals surface area contributed by atoms with E-state index in [1.54, 1.807) is 12.3 Å². The minimum atomic E-state index is -1.09. The number of carbonyl (C=O) groups is 1. The molecule has 0 aliphatic carbocycles. The summed E-state index contributed by atoms with van der Waals surface area (Å²) < 4.78 is 5.11. The SMILES string of the molecule is O=C(O)c1cnc(NCc2ccco2)cn1. The summed E-state index contributed by atoms with van der Waals surface area (Å²) >= 11 is 0. The molecule has 2 N–H and O–H groups in total. The third-order valence-electron chi connectivity index (χ3n) is 1.89. The van der Waals surface area contributed by atoms with Gasteiger partial charge in [-0.15, -0.1) is 0 Å². The topological polar surface area (TPSA) is 88.2 Å². The van der Waals surface area contributed by atoms with Crippen molar-refractivity contribution < 1.29 is 14.3 Å². The first-order chi connectivity index (χ1) is 7.75. The fourth-order valence-electron chi connectivity index (χ4n) is 1.12. The van der Waals surface area contributed by atoms with Gasteiger partial charge < -0.3 is 14.8 Å². The average Bonchev–Trinajstić information content (AvgIpc) is 2.80. The molecule has 0 unspecified atom stereocenters. The Morgan fingerprint density at radius 2 is 2.31 bits per heavy atom. The van der Waals surface area contributed by atoms with E-state index in [4.69, 9.17) is 9.52 Å². The summed E-state index contributed by atoms with van der Waals surface area (Å²) in [4.78, 5) is 18.1. The van der Waals surface area contributed by atoms with Crippen LogP contribution in [0.2, 0.25) is 0 Å². The van der Waals surface area contributed by atoms with Crippen molar-refractivity contribution in [3.63, 3.8) is 0 Å². The molecule has 0 fully saturated rings. The Morgan fingerprint density at radius 3 is 2.88 bits per heavy atom. The van der Waals surface area contributed by atoms with E-state index in [2.05, 4.69) is 15.3 Å². The Balaban J connectivity index is 1.98. The third kappa shape index (κ3) is 2.35. The molecule has 2 aromatic heterocycles. The number of aromatic nitrogens is 2. The molecule has 6 heteroatoms. The summed E-state index contributed by atoms with van der Waals surface area (Å²) in [6.45, 7) is 0.480. The maximum Gasteiger partial charge on any atom is 0.356 e. The number of hydrogen-bond donors (Lipinski definition) is 2. The van der Waals surface area contributed by atoms with Crippen LogP contribution >= 0.6 is 0 Å². The van der Waals surface area contributed by atoms with E-state index in [0.29, 0.717) is 12.4 Å². The van der Waals surface area contributed by atoms with Crippen LogP contribution in [0.1, 0.15) is 16.2 Å². The number of nitrogens with one attached hydrogen (secondary N) is 1. The Bertz CT molecular complexity index is 465. The zero-order chi connectivity index (χ0) is 11.4. The normalized spacial score (nSPS) is 10.0. The lowest BCUT2D eigenvalue weighted by Gasteiger charge is -2.02. The second-order valence-corrected chi connectivity index (χ2v) is 3.02.